The first-order chi connectivity index (χ1) is 18.1. The summed E-state index contributed by atoms with van der Waals surface area (Å²) in [6.07, 6.45) is 1.47. The number of ether oxygens (including phenoxy) is 1. The lowest BCUT2D eigenvalue weighted by molar-refractivity contribution is 0.230. The fourth-order valence-corrected chi connectivity index (χ4v) is 3.66. The number of hydrogen-bond acceptors (Lipinski definition) is 5. The minimum Gasteiger partial charge on any atom is -0.456 e. The number of anilines is 3. The summed E-state index contributed by atoms with van der Waals surface area (Å²) in [5.74, 6) is 1.09. The van der Waals surface area contributed by atoms with Crippen molar-refractivity contribution in [1.29, 1.82) is 0 Å². The molecule has 0 aliphatic rings. The Morgan fingerprint density at radius 1 is 0.974 bits per heavy atom. The predicted molar refractivity (Wildman–Crippen MR) is 147 cm³/mol. The van der Waals surface area contributed by atoms with E-state index in [-0.39, 0.29) is 44.7 Å². The fraction of sp³-hybridized carbons (Fsp3) is 0.120. The number of rotatable bonds is 6. The minimum atomic E-state index is -0.646. The molecule has 0 saturated carbocycles. The van der Waals surface area contributed by atoms with Crippen molar-refractivity contribution < 1.29 is 14.3 Å². The second kappa shape index (κ2) is 11.3. The summed E-state index contributed by atoms with van der Waals surface area (Å²) in [5, 5.41) is 10.6. The Kier molecular flexibility index (Phi) is 7.89. The number of aromatic amines is 1. The van der Waals surface area contributed by atoms with Gasteiger partial charge in [0.05, 0.1) is 16.4 Å². The summed E-state index contributed by atoms with van der Waals surface area (Å²) in [7, 11) is 3.21. The maximum atomic E-state index is 12.7. The molecule has 4 rings (SSSR count). The normalized spacial score (nSPS) is 10.6. The van der Waals surface area contributed by atoms with Gasteiger partial charge in [0.2, 0.25) is 0 Å². The number of aromatic nitrogens is 3. The van der Waals surface area contributed by atoms with Crippen molar-refractivity contribution >= 4 is 52.6 Å². The molecule has 0 fully saturated rings. The third kappa shape index (κ3) is 6.25. The number of pyridine rings is 1. The minimum absolute atomic E-state index is 0.0412. The van der Waals surface area contributed by atoms with Crippen LogP contribution in [0.15, 0.2) is 65.6 Å². The largest absolute Gasteiger partial charge is 0.456 e. The van der Waals surface area contributed by atoms with Gasteiger partial charge in [-0.05, 0) is 37.3 Å². The zero-order valence-electron chi connectivity index (χ0n) is 20.5. The Bertz CT molecular complexity index is 1550. The summed E-state index contributed by atoms with van der Waals surface area (Å²) < 4.78 is 7.27. The Hall–Kier alpha value is -4.48. The number of benzene rings is 2. The van der Waals surface area contributed by atoms with E-state index in [0.717, 1.165) is 5.56 Å². The Morgan fingerprint density at radius 2 is 1.71 bits per heavy atom. The molecular formula is C25H23Cl2N7O4. The molecule has 0 aliphatic heterocycles. The molecule has 196 valence electrons. The van der Waals surface area contributed by atoms with Crippen LogP contribution in [0.5, 0.6) is 11.5 Å². The SMILES string of the molecule is Cc1ccc(-n2[nH]c(=O)cc2NC(=O)Nc2ccc(Oc3ccnc(NC(=O)N(C)C)c3)c(Cl)c2Cl)cc1. The van der Waals surface area contributed by atoms with Crippen LogP contribution in [-0.2, 0) is 0 Å². The van der Waals surface area contributed by atoms with Crippen molar-refractivity contribution in [3.05, 3.63) is 86.8 Å². The third-order valence-electron chi connectivity index (χ3n) is 5.16. The van der Waals surface area contributed by atoms with Gasteiger partial charge in [0.15, 0.2) is 0 Å². The smallest absolute Gasteiger partial charge is 0.324 e. The maximum Gasteiger partial charge on any atom is 0.324 e. The van der Waals surface area contributed by atoms with E-state index in [9.17, 15) is 14.4 Å². The van der Waals surface area contributed by atoms with Crippen molar-refractivity contribution in [3.8, 4) is 17.2 Å². The fourth-order valence-electron chi connectivity index (χ4n) is 3.25. The molecule has 2 aromatic carbocycles. The quantitative estimate of drug-likeness (QED) is 0.242. The molecule has 0 radical (unpaired) electrons. The molecule has 0 spiro atoms. The van der Waals surface area contributed by atoms with Crippen LogP contribution in [0.3, 0.4) is 0 Å². The molecule has 0 saturated heterocycles. The van der Waals surface area contributed by atoms with Gasteiger partial charge < -0.3 is 15.0 Å². The number of aryl methyl sites for hydroxylation is 1. The lowest BCUT2D eigenvalue weighted by Gasteiger charge is -2.15. The van der Waals surface area contributed by atoms with Gasteiger partial charge >= 0.3 is 12.1 Å². The number of halogens is 2. The average molecular weight is 556 g/mol. The highest BCUT2D eigenvalue weighted by atomic mass is 35.5. The summed E-state index contributed by atoms with van der Waals surface area (Å²) in [4.78, 5) is 42.0. The highest BCUT2D eigenvalue weighted by Crippen LogP contribution is 2.39. The molecule has 2 heterocycles. The van der Waals surface area contributed by atoms with E-state index in [1.54, 1.807) is 20.2 Å². The van der Waals surface area contributed by atoms with Gasteiger partial charge in [-0.25, -0.2) is 19.3 Å². The summed E-state index contributed by atoms with van der Waals surface area (Å²) in [6.45, 7) is 1.94. The van der Waals surface area contributed by atoms with Crippen LogP contribution < -0.4 is 26.2 Å². The van der Waals surface area contributed by atoms with Crippen LogP contribution in [0.25, 0.3) is 5.69 Å². The molecule has 0 atom stereocenters. The lowest BCUT2D eigenvalue weighted by Crippen LogP contribution is -2.27. The molecule has 13 heteroatoms. The van der Waals surface area contributed by atoms with Gasteiger partial charge in [-0.1, -0.05) is 40.9 Å². The molecule has 0 aliphatic carbocycles. The molecule has 4 aromatic rings. The van der Waals surface area contributed by atoms with Crippen molar-refractivity contribution in [2.24, 2.45) is 0 Å². The summed E-state index contributed by atoms with van der Waals surface area (Å²) in [6, 6.07) is 13.8. The Morgan fingerprint density at radius 3 is 2.42 bits per heavy atom. The van der Waals surface area contributed by atoms with Gasteiger partial charge in [0.1, 0.15) is 28.2 Å². The number of hydrogen-bond donors (Lipinski definition) is 4. The number of nitrogens with one attached hydrogen (secondary N) is 4. The van der Waals surface area contributed by atoms with Crippen LogP contribution in [0.4, 0.5) is 26.9 Å². The van der Waals surface area contributed by atoms with Crippen LogP contribution >= 0.6 is 23.2 Å². The number of carbonyl (C=O) groups is 2. The van der Waals surface area contributed by atoms with Crippen molar-refractivity contribution in [2.45, 2.75) is 6.92 Å². The van der Waals surface area contributed by atoms with Gasteiger partial charge in [-0.2, -0.15) is 0 Å². The van der Waals surface area contributed by atoms with Crippen LogP contribution in [0, 0.1) is 6.92 Å². The Balaban J connectivity index is 1.47. The van der Waals surface area contributed by atoms with Crippen molar-refractivity contribution in [3.63, 3.8) is 0 Å². The monoisotopic (exact) mass is 555 g/mol. The van der Waals surface area contributed by atoms with E-state index >= 15 is 0 Å². The summed E-state index contributed by atoms with van der Waals surface area (Å²) >= 11 is 12.8. The highest BCUT2D eigenvalue weighted by Gasteiger charge is 2.16. The van der Waals surface area contributed by atoms with Gasteiger partial charge in [-0.15, -0.1) is 0 Å². The van der Waals surface area contributed by atoms with Crippen LogP contribution in [0.1, 0.15) is 5.56 Å². The number of nitrogens with zero attached hydrogens (tertiary/aromatic N) is 3. The number of amides is 4. The highest BCUT2D eigenvalue weighted by molar-refractivity contribution is 6.45. The van der Waals surface area contributed by atoms with Crippen LogP contribution in [-0.4, -0.2) is 45.8 Å². The molecule has 0 bridgehead atoms. The average Bonchev–Trinajstić information content (AvgIpc) is 3.24. The number of urea groups is 2. The van der Waals surface area contributed by atoms with E-state index < -0.39 is 6.03 Å². The zero-order chi connectivity index (χ0) is 27.4. The van der Waals surface area contributed by atoms with Gasteiger partial charge in [0.25, 0.3) is 5.56 Å². The van der Waals surface area contributed by atoms with E-state index in [0.29, 0.717) is 11.4 Å². The molecule has 4 amide bonds. The molecule has 11 nitrogen and oxygen atoms in total. The topological polar surface area (TPSA) is 133 Å². The first kappa shape index (κ1) is 26.6. The number of carbonyl (C=O) groups excluding carboxylic acids is 2. The first-order valence-corrected chi connectivity index (χ1v) is 11.9. The number of H-pyrrole nitrogens is 1. The second-order valence-corrected chi connectivity index (χ2v) is 9.05. The van der Waals surface area contributed by atoms with E-state index in [1.807, 2.05) is 31.2 Å². The van der Waals surface area contributed by atoms with Crippen molar-refractivity contribution in [1.82, 2.24) is 19.7 Å². The second-order valence-electron chi connectivity index (χ2n) is 8.30. The maximum absolute atomic E-state index is 12.7. The lowest BCUT2D eigenvalue weighted by atomic mass is 10.2. The standard InChI is InChI=1S/C25H23Cl2N7O4/c1-14-4-6-15(7-5-14)34-20(13-21(35)32-34)31-24(36)29-17-8-9-18(23(27)22(17)26)38-16-10-11-28-19(12-16)30-25(37)33(2)3/h4-13H,1-3H3,(H,32,35)(H,28,30,37)(H2,29,31,36). The molecule has 4 N–H and O–H groups in total. The zero-order valence-corrected chi connectivity index (χ0v) is 22.0. The molecule has 0 unspecified atom stereocenters. The van der Waals surface area contributed by atoms with Gasteiger partial charge in [0, 0.05) is 32.4 Å². The van der Waals surface area contributed by atoms with Gasteiger partial charge in [-0.3, -0.25) is 20.5 Å². The van der Waals surface area contributed by atoms with E-state index in [2.05, 4.69) is 26.0 Å². The molecular weight excluding hydrogens is 533 g/mol. The molecule has 38 heavy (non-hydrogen) atoms. The Labute approximate surface area is 227 Å². The van der Waals surface area contributed by atoms with Crippen LogP contribution in [0.2, 0.25) is 10.0 Å². The first-order valence-electron chi connectivity index (χ1n) is 11.2. The van der Waals surface area contributed by atoms with E-state index in [1.165, 1.54) is 40.0 Å². The van der Waals surface area contributed by atoms with E-state index in [4.69, 9.17) is 27.9 Å². The molecule has 2 aromatic heterocycles. The third-order valence-corrected chi connectivity index (χ3v) is 6.02. The predicted octanol–water partition coefficient (Wildman–Crippen LogP) is 5.71. The van der Waals surface area contributed by atoms with Crippen molar-refractivity contribution in [2.75, 3.05) is 30.0 Å². The summed E-state index contributed by atoms with van der Waals surface area (Å²) in [5.41, 5.74) is 1.55.